The molecule has 0 aromatic carbocycles. The maximum Gasteiger partial charge on any atom is 0.302 e. The Morgan fingerprint density at radius 2 is 2.24 bits per heavy atom. The molecule has 1 rings (SSSR count). The van der Waals surface area contributed by atoms with E-state index < -0.39 is 0 Å². The number of allylic oxidation sites excluding steroid dienone is 3. The van der Waals surface area contributed by atoms with Crippen LogP contribution in [0.4, 0.5) is 0 Å². The smallest absolute Gasteiger partial charge is 0.302 e. The zero-order valence-electron chi connectivity index (χ0n) is 11.2. The van der Waals surface area contributed by atoms with E-state index in [9.17, 15) is 4.79 Å². The van der Waals surface area contributed by atoms with Gasteiger partial charge in [0.25, 0.3) is 0 Å². The van der Waals surface area contributed by atoms with E-state index in [0.717, 1.165) is 11.8 Å². The number of rotatable bonds is 4. The summed E-state index contributed by atoms with van der Waals surface area (Å²) in [6.07, 6.45) is 11.2. The first-order chi connectivity index (χ1) is 8.11. The lowest BCUT2D eigenvalue weighted by Gasteiger charge is -2.28. The van der Waals surface area contributed by atoms with Gasteiger partial charge in [0.05, 0.1) is 0 Å². The number of hydrogen-bond acceptors (Lipinski definition) is 2. The molecule has 0 radical (unpaired) electrons. The fraction of sp³-hybridized carbons (Fsp3) is 0.667. The van der Waals surface area contributed by atoms with E-state index in [-0.39, 0.29) is 5.97 Å². The normalized spacial score (nSPS) is 27.6. The van der Waals surface area contributed by atoms with Crippen LogP contribution in [0.3, 0.4) is 0 Å². The van der Waals surface area contributed by atoms with Gasteiger partial charge in [-0.1, -0.05) is 38.0 Å². The summed E-state index contributed by atoms with van der Waals surface area (Å²) in [7, 11) is 0. The average molecular weight is 236 g/mol. The quantitative estimate of drug-likeness (QED) is 0.692. The molecule has 1 aliphatic rings. The molecule has 0 N–H and O–H groups in total. The van der Waals surface area contributed by atoms with E-state index in [4.69, 9.17) is 4.74 Å². The topological polar surface area (TPSA) is 26.3 Å². The number of carbonyl (C=O) groups is 1. The predicted molar refractivity (Wildman–Crippen MR) is 70.7 cm³/mol. The van der Waals surface area contributed by atoms with Crippen molar-refractivity contribution in [3.05, 3.63) is 23.8 Å². The van der Waals surface area contributed by atoms with E-state index >= 15 is 0 Å². The lowest BCUT2D eigenvalue weighted by atomic mass is 9.78. The Morgan fingerprint density at radius 1 is 1.47 bits per heavy atom. The SMILES string of the molecule is CCC1C/C(=C/C=C/COC(C)=O)CC(C)C1. The van der Waals surface area contributed by atoms with Crippen LogP contribution in [-0.2, 0) is 9.53 Å². The molecule has 0 bridgehead atoms. The van der Waals surface area contributed by atoms with Gasteiger partial charge in [-0.15, -0.1) is 0 Å². The van der Waals surface area contributed by atoms with Gasteiger partial charge >= 0.3 is 5.97 Å². The van der Waals surface area contributed by atoms with Gasteiger partial charge in [-0.2, -0.15) is 0 Å². The average Bonchev–Trinajstić information content (AvgIpc) is 2.27. The minimum absolute atomic E-state index is 0.223. The first-order valence-electron chi connectivity index (χ1n) is 6.59. The van der Waals surface area contributed by atoms with Crippen molar-refractivity contribution in [1.82, 2.24) is 0 Å². The van der Waals surface area contributed by atoms with Crippen LogP contribution in [-0.4, -0.2) is 12.6 Å². The molecule has 1 saturated carbocycles. The molecule has 0 amide bonds. The molecule has 0 aliphatic heterocycles. The number of carbonyl (C=O) groups excluding carboxylic acids is 1. The van der Waals surface area contributed by atoms with E-state index in [2.05, 4.69) is 19.9 Å². The largest absolute Gasteiger partial charge is 0.462 e. The minimum atomic E-state index is -0.223. The van der Waals surface area contributed by atoms with Gasteiger partial charge in [-0.3, -0.25) is 4.79 Å². The van der Waals surface area contributed by atoms with Crippen molar-refractivity contribution in [3.63, 3.8) is 0 Å². The van der Waals surface area contributed by atoms with Gasteiger partial charge in [0.15, 0.2) is 0 Å². The molecular formula is C15H24O2. The molecule has 2 nitrogen and oxygen atoms in total. The van der Waals surface area contributed by atoms with Crippen LogP contribution in [0.5, 0.6) is 0 Å². The van der Waals surface area contributed by atoms with E-state index in [1.807, 2.05) is 12.2 Å². The van der Waals surface area contributed by atoms with E-state index in [0.29, 0.717) is 6.61 Å². The second-order valence-electron chi connectivity index (χ2n) is 5.08. The molecule has 96 valence electrons. The van der Waals surface area contributed by atoms with Crippen molar-refractivity contribution in [3.8, 4) is 0 Å². The Bertz CT molecular complexity index is 302. The molecule has 0 spiro atoms. The highest BCUT2D eigenvalue weighted by Crippen LogP contribution is 2.34. The predicted octanol–water partition coefficient (Wildman–Crippen LogP) is 3.88. The summed E-state index contributed by atoms with van der Waals surface area (Å²) >= 11 is 0. The van der Waals surface area contributed by atoms with Gasteiger partial charge < -0.3 is 4.74 Å². The number of ether oxygens (including phenoxy) is 1. The fourth-order valence-corrected chi connectivity index (χ4v) is 2.51. The summed E-state index contributed by atoms with van der Waals surface area (Å²) in [5.41, 5.74) is 1.54. The summed E-state index contributed by atoms with van der Waals surface area (Å²) in [5, 5.41) is 0. The maximum absolute atomic E-state index is 10.6. The van der Waals surface area contributed by atoms with E-state index in [1.165, 1.54) is 38.2 Å². The van der Waals surface area contributed by atoms with Crippen LogP contribution in [0.15, 0.2) is 23.8 Å². The third-order valence-corrected chi connectivity index (χ3v) is 3.33. The monoisotopic (exact) mass is 236 g/mol. The van der Waals surface area contributed by atoms with Crippen LogP contribution in [0, 0.1) is 11.8 Å². The third kappa shape index (κ3) is 5.71. The first kappa shape index (κ1) is 14.0. The molecule has 17 heavy (non-hydrogen) atoms. The van der Waals surface area contributed by atoms with Crippen molar-refractivity contribution in [1.29, 1.82) is 0 Å². The molecule has 0 aromatic heterocycles. The summed E-state index contributed by atoms with van der Waals surface area (Å²) in [6, 6.07) is 0. The summed E-state index contributed by atoms with van der Waals surface area (Å²) < 4.78 is 4.84. The van der Waals surface area contributed by atoms with Crippen molar-refractivity contribution < 1.29 is 9.53 Å². The Morgan fingerprint density at radius 3 is 2.88 bits per heavy atom. The van der Waals surface area contributed by atoms with Gasteiger partial charge in [0, 0.05) is 6.92 Å². The third-order valence-electron chi connectivity index (χ3n) is 3.33. The van der Waals surface area contributed by atoms with Gasteiger partial charge in [0.1, 0.15) is 6.61 Å². The first-order valence-corrected chi connectivity index (χ1v) is 6.59. The summed E-state index contributed by atoms with van der Waals surface area (Å²) in [6.45, 7) is 6.42. The molecular weight excluding hydrogens is 212 g/mol. The van der Waals surface area contributed by atoms with Gasteiger partial charge in [0.2, 0.25) is 0 Å². The molecule has 0 saturated heterocycles. The van der Waals surface area contributed by atoms with Crippen LogP contribution >= 0.6 is 0 Å². The molecule has 1 fully saturated rings. The molecule has 0 aromatic rings. The molecule has 1 aliphatic carbocycles. The highest BCUT2D eigenvalue weighted by atomic mass is 16.5. The fourth-order valence-electron chi connectivity index (χ4n) is 2.51. The Kier molecular flexibility index (Phi) is 6.03. The Balaban J connectivity index is 2.39. The van der Waals surface area contributed by atoms with Crippen molar-refractivity contribution in [2.45, 2.75) is 46.5 Å². The number of hydrogen-bond donors (Lipinski definition) is 0. The van der Waals surface area contributed by atoms with Crippen LogP contribution in [0.1, 0.15) is 46.5 Å². The van der Waals surface area contributed by atoms with Crippen molar-refractivity contribution in [2.75, 3.05) is 6.61 Å². The molecule has 0 heterocycles. The van der Waals surface area contributed by atoms with Crippen LogP contribution in [0.2, 0.25) is 0 Å². The Hall–Kier alpha value is -1.05. The lowest BCUT2D eigenvalue weighted by Crippen LogP contribution is -2.14. The van der Waals surface area contributed by atoms with Crippen LogP contribution in [0.25, 0.3) is 0 Å². The lowest BCUT2D eigenvalue weighted by molar-refractivity contribution is -0.139. The second kappa shape index (κ2) is 7.31. The second-order valence-corrected chi connectivity index (χ2v) is 5.08. The zero-order valence-corrected chi connectivity index (χ0v) is 11.2. The minimum Gasteiger partial charge on any atom is -0.462 e. The van der Waals surface area contributed by atoms with Gasteiger partial charge in [-0.05, 0) is 37.2 Å². The maximum atomic E-state index is 10.6. The summed E-state index contributed by atoms with van der Waals surface area (Å²) in [4.78, 5) is 10.6. The number of esters is 1. The molecule has 2 atom stereocenters. The Labute approximate surface area is 105 Å². The zero-order chi connectivity index (χ0) is 12.7. The van der Waals surface area contributed by atoms with E-state index in [1.54, 1.807) is 0 Å². The summed E-state index contributed by atoms with van der Waals surface area (Å²) in [5.74, 6) is 1.44. The van der Waals surface area contributed by atoms with Crippen LogP contribution < -0.4 is 0 Å². The van der Waals surface area contributed by atoms with Crippen molar-refractivity contribution >= 4 is 5.97 Å². The highest BCUT2D eigenvalue weighted by Gasteiger charge is 2.20. The van der Waals surface area contributed by atoms with Gasteiger partial charge in [-0.25, -0.2) is 0 Å². The van der Waals surface area contributed by atoms with Crippen molar-refractivity contribution in [2.24, 2.45) is 11.8 Å². The highest BCUT2D eigenvalue weighted by molar-refractivity contribution is 5.65. The molecule has 2 unspecified atom stereocenters. The molecule has 2 heteroatoms. The standard InChI is InChI=1S/C15H24O2/c1-4-14-9-12(2)10-15(11-14)7-5-6-8-17-13(3)16/h5-7,12,14H,4,8-11H2,1-3H3/b6-5+,15-7+.